The molecule has 0 bridgehead atoms. The number of aliphatic hydroxyl groups excluding tert-OH is 1. The minimum Gasteiger partial charge on any atom is -0.392 e. The molecule has 0 radical (unpaired) electrons. The number of hydrogen-bond donors (Lipinski definition) is 1. The average molecular weight is 344 g/mol. The van der Waals surface area contributed by atoms with Gasteiger partial charge in [0, 0.05) is 10.9 Å². The Labute approximate surface area is 125 Å². The fourth-order valence-electron chi connectivity index (χ4n) is 1.92. The summed E-state index contributed by atoms with van der Waals surface area (Å²) in [4.78, 5) is 0. The van der Waals surface area contributed by atoms with E-state index in [4.69, 9.17) is 11.6 Å². The molecule has 4 heteroatoms. The van der Waals surface area contributed by atoms with Crippen molar-refractivity contribution in [2.24, 2.45) is 0 Å². The smallest absolute Gasteiger partial charge is 0.142 e. The molecular formula is C15H13BrClFO. The number of halogens is 3. The Balaban J connectivity index is 2.03. The second kappa shape index (κ2) is 6.51. The highest BCUT2D eigenvalue weighted by molar-refractivity contribution is 9.10. The summed E-state index contributed by atoms with van der Waals surface area (Å²) >= 11 is 9.23. The summed E-state index contributed by atoms with van der Waals surface area (Å²) in [6.07, 6.45) is 0.271. The monoisotopic (exact) mass is 342 g/mol. The van der Waals surface area contributed by atoms with Gasteiger partial charge in [0.1, 0.15) is 5.82 Å². The van der Waals surface area contributed by atoms with E-state index in [0.717, 1.165) is 10.0 Å². The van der Waals surface area contributed by atoms with Crippen LogP contribution in [0.15, 0.2) is 46.9 Å². The maximum Gasteiger partial charge on any atom is 0.142 e. The molecule has 0 heterocycles. The summed E-state index contributed by atoms with van der Waals surface area (Å²) in [6.45, 7) is 0. The quantitative estimate of drug-likeness (QED) is 0.873. The van der Waals surface area contributed by atoms with Crippen molar-refractivity contribution in [2.75, 3.05) is 0 Å². The summed E-state index contributed by atoms with van der Waals surface area (Å²) in [6, 6.07) is 12.4. The highest BCUT2D eigenvalue weighted by Crippen LogP contribution is 2.22. The first-order chi connectivity index (χ1) is 9.06. The molecule has 19 heavy (non-hydrogen) atoms. The predicted molar refractivity (Wildman–Crippen MR) is 79.0 cm³/mol. The average Bonchev–Trinajstić information content (AvgIpc) is 2.38. The first-order valence-electron chi connectivity index (χ1n) is 5.91. The van der Waals surface area contributed by atoms with Crippen molar-refractivity contribution in [1.82, 2.24) is 0 Å². The maximum atomic E-state index is 13.3. The second-order valence-corrected chi connectivity index (χ2v) is 5.70. The van der Waals surface area contributed by atoms with Crippen LogP contribution in [0, 0.1) is 5.82 Å². The number of rotatable bonds is 4. The molecule has 2 rings (SSSR count). The Morgan fingerprint density at radius 2 is 1.79 bits per heavy atom. The fraction of sp³-hybridized carbons (Fsp3) is 0.200. The molecule has 0 aliphatic heterocycles. The lowest BCUT2D eigenvalue weighted by molar-refractivity contribution is 0.175. The molecule has 2 aromatic carbocycles. The van der Waals surface area contributed by atoms with Crippen LogP contribution >= 0.6 is 27.5 Å². The van der Waals surface area contributed by atoms with Gasteiger partial charge < -0.3 is 5.11 Å². The molecule has 0 saturated heterocycles. The van der Waals surface area contributed by atoms with Gasteiger partial charge in [-0.25, -0.2) is 4.39 Å². The van der Waals surface area contributed by atoms with Gasteiger partial charge in [0.25, 0.3) is 0 Å². The SMILES string of the molecule is OC(Cc1ccc(Br)cc1)Cc1cccc(F)c1Cl. The first-order valence-corrected chi connectivity index (χ1v) is 7.09. The third-order valence-electron chi connectivity index (χ3n) is 2.87. The summed E-state index contributed by atoms with van der Waals surface area (Å²) in [5.41, 5.74) is 1.66. The van der Waals surface area contributed by atoms with Crippen LogP contribution in [0.5, 0.6) is 0 Å². The molecule has 0 aliphatic rings. The van der Waals surface area contributed by atoms with Crippen molar-refractivity contribution in [3.05, 3.63) is 68.9 Å². The maximum absolute atomic E-state index is 13.3. The predicted octanol–water partition coefficient (Wildman–Crippen LogP) is 4.39. The number of aliphatic hydroxyl groups is 1. The Morgan fingerprint density at radius 3 is 2.47 bits per heavy atom. The Kier molecular flexibility index (Phi) is 4.97. The molecule has 1 unspecified atom stereocenters. The van der Waals surface area contributed by atoms with Crippen LogP contribution in [-0.2, 0) is 12.8 Å². The molecular weight excluding hydrogens is 331 g/mol. The van der Waals surface area contributed by atoms with Crippen LogP contribution in [0.2, 0.25) is 5.02 Å². The van der Waals surface area contributed by atoms with Gasteiger partial charge in [-0.1, -0.05) is 51.8 Å². The third kappa shape index (κ3) is 4.03. The summed E-state index contributed by atoms with van der Waals surface area (Å²) in [5, 5.41) is 10.1. The summed E-state index contributed by atoms with van der Waals surface area (Å²) < 4.78 is 14.3. The fourth-order valence-corrected chi connectivity index (χ4v) is 2.39. The van der Waals surface area contributed by atoms with Crippen LogP contribution < -0.4 is 0 Å². The third-order valence-corrected chi connectivity index (χ3v) is 3.82. The molecule has 0 spiro atoms. The molecule has 0 saturated carbocycles. The molecule has 0 aliphatic carbocycles. The van der Waals surface area contributed by atoms with Gasteiger partial charge in [-0.2, -0.15) is 0 Å². The topological polar surface area (TPSA) is 20.2 Å². The standard InChI is InChI=1S/C15H13BrClFO/c16-12-6-4-10(5-7-12)8-13(19)9-11-2-1-3-14(18)15(11)17/h1-7,13,19H,8-9H2. The second-order valence-electron chi connectivity index (χ2n) is 4.40. The van der Waals surface area contributed by atoms with E-state index in [1.807, 2.05) is 24.3 Å². The van der Waals surface area contributed by atoms with Crippen LogP contribution in [0.25, 0.3) is 0 Å². The Bertz CT molecular complexity index is 557. The summed E-state index contributed by atoms with van der Waals surface area (Å²) in [5.74, 6) is -0.449. The molecule has 0 aromatic heterocycles. The van der Waals surface area contributed by atoms with Crippen LogP contribution in [0.3, 0.4) is 0 Å². The van der Waals surface area contributed by atoms with E-state index < -0.39 is 11.9 Å². The van der Waals surface area contributed by atoms with E-state index in [2.05, 4.69) is 15.9 Å². The van der Waals surface area contributed by atoms with Crippen molar-refractivity contribution in [3.8, 4) is 0 Å². The summed E-state index contributed by atoms with van der Waals surface area (Å²) in [7, 11) is 0. The zero-order valence-corrected chi connectivity index (χ0v) is 12.5. The van der Waals surface area contributed by atoms with Gasteiger partial charge in [-0.15, -0.1) is 0 Å². The lowest BCUT2D eigenvalue weighted by Crippen LogP contribution is -2.14. The van der Waals surface area contributed by atoms with Crippen molar-refractivity contribution in [3.63, 3.8) is 0 Å². The molecule has 100 valence electrons. The zero-order valence-electron chi connectivity index (χ0n) is 10.1. The van der Waals surface area contributed by atoms with E-state index in [-0.39, 0.29) is 5.02 Å². The van der Waals surface area contributed by atoms with Crippen molar-refractivity contribution < 1.29 is 9.50 Å². The molecule has 0 amide bonds. The van der Waals surface area contributed by atoms with Crippen LogP contribution in [0.1, 0.15) is 11.1 Å². The molecule has 1 atom stereocenters. The Morgan fingerprint density at radius 1 is 1.11 bits per heavy atom. The van der Waals surface area contributed by atoms with E-state index in [1.54, 1.807) is 12.1 Å². The van der Waals surface area contributed by atoms with Gasteiger partial charge >= 0.3 is 0 Å². The molecule has 1 nitrogen and oxygen atoms in total. The molecule has 2 aromatic rings. The van der Waals surface area contributed by atoms with Crippen molar-refractivity contribution in [2.45, 2.75) is 18.9 Å². The van der Waals surface area contributed by atoms with Gasteiger partial charge in [-0.3, -0.25) is 0 Å². The van der Waals surface area contributed by atoms with E-state index in [1.165, 1.54) is 6.07 Å². The van der Waals surface area contributed by atoms with E-state index in [9.17, 15) is 9.50 Å². The van der Waals surface area contributed by atoms with Crippen LogP contribution in [0.4, 0.5) is 4.39 Å². The van der Waals surface area contributed by atoms with Gasteiger partial charge in [-0.05, 0) is 35.7 Å². The molecule has 1 N–H and O–H groups in total. The zero-order chi connectivity index (χ0) is 13.8. The largest absolute Gasteiger partial charge is 0.392 e. The van der Waals surface area contributed by atoms with Gasteiger partial charge in [0.15, 0.2) is 0 Å². The van der Waals surface area contributed by atoms with E-state index in [0.29, 0.717) is 18.4 Å². The van der Waals surface area contributed by atoms with Gasteiger partial charge in [0.05, 0.1) is 11.1 Å². The first kappa shape index (κ1) is 14.5. The Hall–Kier alpha value is -0.900. The highest BCUT2D eigenvalue weighted by atomic mass is 79.9. The minimum absolute atomic E-state index is 0.0948. The number of hydrogen-bond acceptors (Lipinski definition) is 1. The molecule has 0 fully saturated rings. The lowest BCUT2D eigenvalue weighted by atomic mass is 10.0. The normalized spacial score (nSPS) is 12.4. The van der Waals surface area contributed by atoms with Crippen molar-refractivity contribution >= 4 is 27.5 Å². The lowest BCUT2D eigenvalue weighted by Gasteiger charge is -2.12. The van der Waals surface area contributed by atoms with Gasteiger partial charge in [0.2, 0.25) is 0 Å². The van der Waals surface area contributed by atoms with Crippen molar-refractivity contribution in [1.29, 1.82) is 0 Å². The van der Waals surface area contributed by atoms with E-state index >= 15 is 0 Å². The number of benzene rings is 2. The minimum atomic E-state index is -0.583. The highest BCUT2D eigenvalue weighted by Gasteiger charge is 2.11. The van der Waals surface area contributed by atoms with Crippen LogP contribution in [-0.4, -0.2) is 11.2 Å².